The maximum atomic E-state index is 14.7. The molecule has 2 aromatic heterocycles. The molecule has 1 N–H and O–H groups in total. The van der Waals surface area contributed by atoms with Crippen LogP contribution >= 0.6 is 0 Å². The van der Waals surface area contributed by atoms with Crippen molar-refractivity contribution >= 4 is 28.3 Å². The van der Waals surface area contributed by atoms with Crippen molar-refractivity contribution in [3.05, 3.63) is 53.1 Å². The Morgan fingerprint density at radius 1 is 1.19 bits per heavy atom. The number of likely N-dealkylation sites (tertiary alicyclic amines) is 1. The number of nitrogens with zero attached hydrogens (tertiary/aromatic N) is 6. The zero-order valence-corrected chi connectivity index (χ0v) is 24.8. The molecule has 3 aliphatic heterocycles. The molecule has 1 amide bonds. The lowest BCUT2D eigenvalue weighted by Gasteiger charge is -2.38. The number of rotatable bonds is 6. The van der Waals surface area contributed by atoms with Gasteiger partial charge in [0.15, 0.2) is 5.83 Å². The molecule has 5 heterocycles. The van der Waals surface area contributed by atoms with Crippen molar-refractivity contribution < 1.29 is 18.3 Å². The third-order valence-corrected chi connectivity index (χ3v) is 9.05. The molecule has 2 fully saturated rings. The van der Waals surface area contributed by atoms with Crippen molar-refractivity contribution in [2.45, 2.75) is 51.9 Å². The van der Waals surface area contributed by atoms with Gasteiger partial charge >= 0.3 is 6.01 Å². The van der Waals surface area contributed by atoms with Gasteiger partial charge in [0.25, 0.3) is 5.91 Å². The molecule has 224 valence electrons. The van der Waals surface area contributed by atoms with E-state index < -0.39 is 17.4 Å². The highest BCUT2D eigenvalue weighted by atomic mass is 19.1. The summed E-state index contributed by atoms with van der Waals surface area (Å²) in [6.45, 7) is 12.9. The molecular weight excluding hydrogens is 540 g/mol. The number of carbonyl (C=O) groups is 1. The molecule has 2 saturated heterocycles. The van der Waals surface area contributed by atoms with E-state index in [-0.39, 0.29) is 12.1 Å². The van der Waals surface area contributed by atoms with E-state index in [1.54, 1.807) is 6.92 Å². The number of nitrogens with one attached hydrogen (secondary N) is 1. The van der Waals surface area contributed by atoms with Crippen LogP contribution in [0.2, 0.25) is 0 Å². The number of hydrogen-bond donors (Lipinski definition) is 1. The highest BCUT2D eigenvalue weighted by molar-refractivity contribution is 5.95. The first-order valence-corrected chi connectivity index (χ1v) is 14.6. The molecule has 1 unspecified atom stereocenters. The van der Waals surface area contributed by atoms with Crippen LogP contribution in [0.15, 0.2) is 30.7 Å². The van der Waals surface area contributed by atoms with Crippen LogP contribution in [-0.2, 0) is 17.8 Å². The van der Waals surface area contributed by atoms with Crippen molar-refractivity contribution in [1.82, 2.24) is 24.8 Å². The molecule has 6 rings (SSSR count). The number of ether oxygens (including phenoxy) is 1. The monoisotopic (exact) mass is 579 g/mol. The number of piperazine rings is 1. The fourth-order valence-electron chi connectivity index (χ4n) is 6.75. The molecule has 9 nitrogen and oxygen atoms in total. The average molecular weight is 580 g/mol. The number of fused-ring (bicyclic) bond motifs is 2. The minimum atomic E-state index is -1.25. The second-order valence-corrected chi connectivity index (χ2v) is 12.2. The summed E-state index contributed by atoms with van der Waals surface area (Å²) in [5.41, 5.74) is 5.49. The maximum Gasteiger partial charge on any atom is 0.318 e. The van der Waals surface area contributed by atoms with Crippen molar-refractivity contribution in [2.24, 2.45) is 0 Å². The van der Waals surface area contributed by atoms with Gasteiger partial charge in [0, 0.05) is 80.1 Å². The first-order chi connectivity index (χ1) is 20.0. The smallest absolute Gasteiger partial charge is 0.318 e. The number of aromatic nitrogens is 3. The number of aromatic amines is 1. The number of anilines is 2. The van der Waals surface area contributed by atoms with Gasteiger partial charge in [-0.15, -0.1) is 0 Å². The quantitative estimate of drug-likeness (QED) is 0.441. The van der Waals surface area contributed by atoms with Gasteiger partial charge < -0.3 is 24.4 Å². The highest BCUT2D eigenvalue weighted by Crippen LogP contribution is 2.37. The Bertz CT molecular complexity index is 1530. The summed E-state index contributed by atoms with van der Waals surface area (Å²) in [6, 6.07) is 4.51. The summed E-state index contributed by atoms with van der Waals surface area (Å²) in [6.07, 6.45) is 3.11. The van der Waals surface area contributed by atoms with E-state index in [1.165, 1.54) is 27.1 Å². The van der Waals surface area contributed by atoms with Crippen LogP contribution < -0.4 is 14.5 Å². The van der Waals surface area contributed by atoms with Gasteiger partial charge in [-0.05, 0) is 57.5 Å². The molecule has 42 heavy (non-hydrogen) atoms. The molecular formula is C31H39F2N7O2. The third-order valence-electron chi connectivity index (χ3n) is 9.05. The molecule has 0 saturated carbocycles. The largest absolute Gasteiger partial charge is 0.462 e. The minimum absolute atomic E-state index is 0.0697. The van der Waals surface area contributed by atoms with Crippen LogP contribution in [0.4, 0.5) is 20.3 Å². The second-order valence-electron chi connectivity index (χ2n) is 12.2. The van der Waals surface area contributed by atoms with E-state index in [0.29, 0.717) is 52.3 Å². The SMILES string of the molecule is C=C(F)C(=O)N1CCN(c2nc(OC[C@@H]3CC(C)(F)CN3C)nc3c2CCN(c2c(C)c(C)cc4[nH]ccc24)C3)CC1. The number of amides is 1. The lowest BCUT2D eigenvalue weighted by Crippen LogP contribution is -2.49. The zero-order valence-electron chi connectivity index (χ0n) is 24.8. The van der Waals surface area contributed by atoms with Crippen molar-refractivity contribution in [3.63, 3.8) is 0 Å². The Morgan fingerprint density at radius 2 is 1.95 bits per heavy atom. The molecule has 0 radical (unpaired) electrons. The molecule has 3 aromatic rings. The molecule has 0 aliphatic carbocycles. The third kappa shape index (κ3) is 5.30. The van der Waals surface area contributed by atoms with Crippen LogP contribution in [0, 0.1) is 13.8 Å². The Balaban J connectivity index is 1.31. The number of carbonyl (C=O) groups excluding carboxylic acids is 1. The summed E-state index contributed by atoms with van der Waals surface area (Å²) in [4.78, 5) is 33.3. The molecule has 0 bridgehead atoms. The van der Waals surface area contributed by atoms with Gasteiger partial charge in [-0.2, -0.15) is 9.97 Å². The van der Waals surface area contributed by atoms with E-state index in [2.05, 4.69) is 47.3 Å². The Labute approximate surface area is 245 Å². The normalized spacial score (nSPS) is 23.0. The molecule has 3 aliphatic rings. The van der Waals surface area contributed by atoms with Gasteiger partial charge in [-0.25, -0.2) is 8.78 Å². The number of benzene rings is 1. The van der Waals surface area contributed by atoms with E-state index >= 15 is 0 Å². The average Bonchev–Trinajstić information content (AvgIpc) is 3.52. The first-order valence-electron chi connectivity index (χ1n) is 14.6. The maximum absolute atomic E-state index is 14.7. The van der Waals surface area contributed by atoms with Crippen molar-refractivity contribution in [1.29, 1.82) is 0 Å². The second kappa shape index (κ2) is 10.8. The van der Waals surface area contributed by atoms with Crippen LogP contribution in [0.1, 0.15) is 35.7 Å². The number of halogens is 2. The number of hydrogen-bond acceptors (Lipinski definition) is 7. The summed E-state index contributed by atoms with van der Waals surface area (Å²) < 4.78 is 34.3. The Hall–Kier alpha value is -3.73. The van der Waals surface area contributed by atoms with Crippen LogP contribution in [-0.4, -0.2) is 95.3 Å². The number of likely N-dealkylation sites (N-methyl/N-ethyl adjacent to an activating group) is 1. The molecule has 2 atom stereocenters. The van der Waals surface area contributed by atoms with Crippen molar-refractivity contribution in [3.8, 4) is 6.01 Å². The van der Waals surface area contributed by atoms with Crippen LogP contribution in [0.3, 0.4) is 0 Å². The standard InChI is InChI=1S/C31H39F2N7O2/c1-19-14-25-23(6-8-34-25)27(20(19)2)40-9-7-24-26(16-40)35-30(42-17-22-15-31(4,33)18-37(22)5)36-28(24)38-10-12-39(13-11-38)29(41)21(3)32/h6,8,14,22,34H,3,7,9-13,15-18H2,1-2,4-5H3/t22-,31?/m0/s1. The fourth-order valence-corrected chi connectivity index (χ4v) is 6.75. The van der Waals surface area contributed by atoms with E-state index in [1.807, 2.05) is 18.1 Å². The first kappa shape index (κ1) is 28.4. The van der Waals surface area contributed by atoms with Gasteiger partial charge in [0.1, 0.15) is 18.1 Å². The molecule has 11 heteroatoms. The van der Waals surface area contributed by atoms with E-state index in [0.717, 1.165) is 35.6 Å². The molecule has 0 spiro atoms. The zero-order chi connectivity index (χ0) is 29.8. The lowest BCUT2D eigenvalue weighted by molar-refractivity contribution is -0.128. The predicted molar refractivity (Wildman–Crippen MR) is 160 cm³/mol. The topological polar surface area (TPSA) is 80.8 Å². The van der Waals surface area contributed by atoms with Crippen LogP contribution in [0.25, 0.3) is 10.9 Å². The summed E-state index contributed by atoms with van der Waals surface area (Å²) in [7, 11) is 1.91. The summed E-state index contributed by atoms with van der Waals surface area (Å²) in [5.74, 6) is -0.810. The highest BCUT2D eigenvalue weighted by Gasteiger charge is 2.39. The van der Waals surface area contributed by atoms with Gasteiger partial charge in [0.2, 0.25) is 0 Å². The number of alkyl halides is 1. The predicted octanol–water partition coefficient (Wildman–Crippen LogP) is 4.08. The van der Waals surface area contributed by atoms with Gasteiger partial charge in [-0.3, -0.25) is 9.69 Å². The van der Waals surface area contributed by atoms with Gasteiger partial charge in [0.05, 0.1) is 12.2 Å². The Morgan fingerprint density at radius 3 is 2.64 bits per heavy atom. The van der Waals surface area contributed by atoms with Gasteiger partial charge in [-0.1, -0.05) is 6.58 Å². The van der Waals surface area contributed by atoms with E-state index in [4.69, 9.17) is 14.7 Å². The molecule has 1 aromatic carbocycles. The lowest BCUT2D eigenvalue weighted by atomic mass is 9.99. The number of aryl methyl sites for hydroxylation is 1. The Kier molecular flexibility index (Phi) is 7.32. The van der Waals surface area contributed by atoms with E-state index in [9.17, 15) is 13.6 Å². The minimum Gasteiger partial charge on any atom is -0.462 e. The fraction of sp³-hybridized carbons (Fsp3) is 0.516. The summed E-state index contributed by atoms with van der Waals surface area (Å²) in [5, 5.41) is 1.18. The number of H-pyrrole nitrogens is 1. The van der Waals surface area contributed by atoms with Crippen LogP contribution in [0.5, 0.6) is 6.01 Å². The summed E-state index contributed by atoms with van der Waals surface area (Å²) >= 11 is 0. The van der Waals surface area contributed by atoms with Crippen molar-refractivity contribution in [2.75, 3.05) is 62.7 Å².